The first-order valence-corrected chi connectivity index (χ1v) is 9.78. The van der Waals surface area contributed by atoms with Crippen molar-refractivity contribution in [3.05, 3.63) is 60.6 Å². The summed E-state index contributed by atoms with van der Waals surface area (Å²) in [6, 6.07) is 10.1. The highest BCUT2D eigenvalue weighted by Crippen LogP contribution is 2.50. The largest absolute Gasteiger partial charge is 0.460 e. The van der Waals surface area contributed by atoms with E-state index in [1.807, 2.05) is 30.3 Å². The molecule has 4 rings (SSSR count). The molecule has 3 fully saturated rings. The Morgan fingerprint density at radius 3 is 2.33 bits per heavy atom. The van der Waals surface area contributed by atoms with Crippen LogP contribution in [-0.4, -0.2) is 30.9 Å². The van der Waals surface area contributed by atoms with Crippen molar-refractivity contribution in [3.63, 3.8) is 0 Å². The van der Waals surface area contributed by atoms with Gasteiger partial charge in [-0.3, -0.25) is 0 Å². The fourth-order valence-corrected chi connectivity index (χ4v) is 4.12. The second-order valence-corrected chi connectivity index (χ2v) is 7.55. The summed E-state index contributed by atoms with van der Waals surface area (Å²) in [5, 5.41) is 0. The van der Waals surface area contributed by atoms with Crippen molar-refractivity contribution >= 4 is 0 Å². The zero-order valence-electron chi connectivity index (χ0n) is 15.8. The van der Waals surface area contributed by atoms with Crippen LogP contribution in [0.1, 0.15) is 44.1 Å². The van der Waals surface area contributed by atoms with Gasteiger partial charge in [0.15, 0.2) is 0 Å². The van der Waals surface area contributed by atoms with Gasteiger partial charge < -0.3 is 23.7 Å². The topological polar surface area (TPSA) is 46.2 Å². The molecule has 5 nitrogen and oxygen atoms in total. The summed E-state index contributed by atoms with van der Waals surface area (Å²) >= 11 is 0. The van der Waals surface area contributed by atoms with Crippen molar-refractivity contribution in [1.82, 2.24) is 0 Å². The summed E-state index contributed by atoms with van der Waals surface area (Å²) in [5.41, 5.74) is 1.13. The van der Waals surface area contributed by atoms with E-state index < -0.39 is 11.6 Å². The smallest absolute Gasteiger partial charge is 0.276 e. The average molecular weight is 372 g/mol. The molecular weight excluding hydrogens is 344 g/mol. The monoisotopic (exact) mass is 372 g/mol. The molecule has 0 bridgehead atoms. The molecule has 0 saturated carbocycles. The van der Waals surface area contributed by atoms with Gasteiger partial charge in [-0.05, 0) is 18.4 Å². The van der Waals surface area contributed by atoms with Gasteiger partial charge in [-0.25, -0.2) is 0 Å². The van der Waals surface area contributed by atoms with Crippen LogP contribution in [0.3, 0.4) is 0 Å². The highest BCUT2D eigenvalue weighted by Gasteiger charge is 2.64. The van der Waals surface area contributed by atoms with E-state index in [1.165, 1.54) is 0 Å². The van der Waals surface area contributed by atoms with Gasteiger partial charge in [-0.2, -0.15) is 0 Å². The maximum Gasteiger partial charge on any atom is 0.276 e. The molecule has 3 aliphatic rings. The Hall–Kier alpha value is -1.82. The van der Waals surface area contributed by atoms with Crippen molar-refractivity contribution < 1.29 is 23.7 Å². The number of benzene rings is 1. The van der Waals surface area contributed by atoms with Gasteiger partial charge in [0.1, 0.15) is 6.10 Å². The molecule has 0 unspecified atom stereocenters. The molecule has 0 aliphatic carbocycles. The van der Waals surface area contributed by atoms with Crippen molar-refractivity contribution in [2.75, 3.05) is 13.2 Å². The molecule has 0 radical (unpaired) electrons. The molecule has 1 aromatic carbocycles. The lowest BCUT2D eigenvalue weighted by Gasteiger charge is -2.55. The average Bonchev–Trinajstić information content (AvgIpc) is 2.66. The van der Waals surface area contributed by atoms with Gasteiger partial charge in [0, 0.05) is 25.7 Å². The van der Waals surface area contributed by atoms with E-state index >= 15 is 0 Å². The lowest BCUT2D eigenvalue weighted by Crippen LogP contribution is -2.67. The maximum atomic E-state index is 6.47. The van der Waals surface area contributed by atoms with Crippen LogP contribution < -0.4 is 0 Å². The predicted octanol–water partition coefficient (Wildman–Crippen LogP) is 4.44. The minimum Gasteiger partial charge on any atom is -0.460 e. The fraction of sp³-hybridized carbons (Fsp3) is 0.545. The number of rotatable bonds is 4. The lowest BCUT2D eigenvalue weighted by atomic mass is 9.88. The molecule has 146 valence electrons. The molecule has 3 atom stereocenters. The van der Waals surface area contributed by atoms with Crippen LogP contribution in [0.4, 0.5) is 0 Å². The fourth-order valence-electron chi connectivity index (χ4n) is 4.12. The molecule has 5 heteroatoms. The predicted molar refractivity (Wildman–Crippen MR) is 101 cm³/mol. The van der Waals surface area contributed by atoms with Crippen LogP contribution in [-0.2, 0) is 30.3 Å². The standard InChI is InChI=1S/C22H28O5/c1-17-8-6-12-21(25-17)22(13-7-9-18(2)26-22)27-20(16-24-21)15-23-14-19-10-4-3-5-11-19/h3-5,10-11,20H,1-2,6-9,12-16H2/t20-,21-,22+/m0/s1. The third kappa shape index (κ3) is 3.77. The summed E-state index contributed by atoms with van der Waals surface area (Å²) in [6.45, 7) is 9.40. The number of allylic oxidation sites excluding steroid dienone is 2. The van der Waals surface area contributed by atoms with Crippen LogP contribution >= 0.6 is 0 Å². The van der Waals surface area contributed by atoms with E-state index in [9.17, 15) is 0 Å². The summed E-state index contributed by atoms with van der Waals surface area (Å²) in [4.78, 5) is 0. The van der Waals surface area contributed by atoms with E-state index in [0.717, 1.165) is 49.2 Å². The zero-order chi connectivity index (χ0) is 18.7. The normalized spacial score (nSPS) is 33.7. The van der Waals surface area contributed by atoms with Crippen LogP contribution in [0.25, 0.3) is 0 Å². The van der Waals surface area contributed by atoms with Gasteiger partial charge in [-0.15, -0.1) is 0 Å². The SMILES string of the molecule is C=C1CCC[C@]2(OC[C@H](COCc3ccccc3)O[C@]23CCCC(=C)O3)O1. The summed E-state index contributed by atoms with van der Waals surface area (Å²) < 4.78 is 30.9. The Balaban J connectivity index is 1.45. The van der Waals surface area contributed by atoms with Gasteiger partial charge in [0.25, 0.3) is 11.6 Å². The second kappa shape index (κ2) is 7.66. The molecule has 2 spiro atoms. The molecule has 0 amide bonds. The van der Waals surface area contributed by atoms with E-state index in [0.29, 0.717) is 26.2 Å². The molecule has 0 aromatic heterocycles. The molecule has 27 heavy (non-hydrogen) atoms. The van der Waals surface area contributed by atoms with E-state index in [-0.39, 0.29) is 6.10 Å². The molecule has 3 saturated heterocycles. The number of hydrogen-bond acceptors (Lipinski definition) is 5. The van der Waals surface area contributed by atoms with Crippen LogP contribution in [0.5, 0.6) is 0 Å². The lowest BCUT2D eigenvalue weighted by molar-refractivity contribution is -0.452. The second-order valence-electron chi connectivity index (χ2n) is 7.55. The minimum absolute atomic E-state index is 0.218. The Morgan fingerprint density at radius 2 is 1.63 bits per heavy atom. The Bertz CT molecular complexity index is 687. The van der Waals surface area contributed by atoms with Gasteiger partial charge in [0.2, 0.25) is 0 Å². The van der Waals surface area contributed by atoms with Crippen LogP contribution in [0.15, 0.2) is 55.0 Å². The van der Waals surface area contributed by atoms with Gasteiger partial charge in [0.05, 0.1) is 31.3 Å². The van der Waals surface area contributed by atoms with Gasteiger partial charge in [-0.1, -0.05) is 43.5 Å². The summed E-state index contributed by atoms with van der Waals surface area (Å²) in [5.74, 6) is -0.482. The third-order valence-electron chi connectivity index (χ3n) is 5.40. The minimum atomic E-state index is -0.981. The summed E-state index contributed by atoms with van der Waals surface area (Å²) in [6.07, 6.45) is 4.74. The highest BCUT2D eigenvalue weighted by molar-refractivity contribution is 5.13. The number of ether oxygens (including phenoxy) is 5. The first kappa shape index (κ1) is 18.5. The Kier molecular flexibility index (Phi) is 5.26. The quantitative estimate of drug-likeness (QED) is 0.782. The van der Waals surface area contributed by atoms with Crippen molar-refractivity contribution in [1.29, 1.82) is 0 Å². The Labute approximate surface area is 160 Å². The first-order chi connectivity index (χ1) is 13.1. The Morgan fingerprint density at radius 1 is 0.963 bits per heavy atom. The molecule has 3 heterocycles. The molecule has 0 N–H and O–H groups in total. The van der Waals surface area contributed by atoms with E-state index in [4.69, 9.17) is 23.7 Å². The maximum absolute atomic E-state index is 6.47. The highest BCUT2D eigenvalue weighted by atomic mass is 16.8. The van der Waals surface area contributed by atoms with Crippen LogP contribution in [0.2, 0.25) is 0 Å². The van der Waals surface area contributed by atoms with Crippen molar-refractivity contribution in [2.24, 2.45) is 0 Å². The van der Waals surface area contributed by atoms with Crippen LogP contribution in [0, 0.1) is 0 Å². The zero-order valence-corrected chi connectivity index (χ0v) is 15.8. The van der Waals surface area contributed by atoms with Gasteiger partial charge >= 0.3 is 0 Å². The molecule has 3 aliphatic heterocycles. The van der Waals surface area contributed by atoms with E-state index in [2.05, 4.69) is 13.2 Å². The molecular formula is C22H28O5. The molecule has 1 aromatic rings. The number of hydrogen-bond donors (Lipinski definition) is 0. The third-order valence-corrected chi connectivity index (χ3v) is 5.40. The van der Waals surface area contributed by atoms with Crippen molar-refractivity contribution in [3.8, 4) is 0 Å². The number of fused-ring (bicyclic) bond motifs is 1. The van der Waals surface area contributed by atoms with Crippen molar-refractivity contribution in [2.45, 2.75) is 62.8 Å². The summed E-state index contributed by atoms with van der Waals surface area (Å²) in [7, 11) is 0. The first-order valence-electron chi connectivity index (χ1n) is 9.78. The van der Waals surface area contributed by atoms with E-state index in [1.54, 1.807) is 0 Å².